The van der Waals surface area contributed by atoms with Gasteiger partial charge in [0, 0.05) is 31.6 Å². The highest BCUT2D eigenvalue weighted by atomic mass is 32.2. The first-order valence-corrected chi connectivity index (χ1v) is 13.5. The zero-order valence-corrected chi connectivity index (χ0v) is 21.7. The molecule has 1 heterocycles. The molecule has 0 spiro atoms. The maximum Gasteiger partial charge on any atom is 0.247 e. The summed E-state index contributed by atoms with van der Waals surface area (Å²) in [5, 5.41) is 9.83. The van der Waals surface area contributed by atoms with Gasteiger partial charge in [-0.1, -0.05) is 55.5 Å². The van der Waals surface area contributed by atoms with Crippen LogP contribution in [-0.2, 0) is 16.6 Å². The molecule has 0 fully saturated rings. The molecule has 192 valence electrons. The molecule has 0 unspecified atom stereocenters. The summed E-state index contributed by atoms with van der Waals surface area (Å²) in [5.41, 5.74) is 2.66. The van der Waals surface area contributed by atoms with Crippen molar-refractivity contribution in [3.05, 3.63) is 84.2 Å². The third-order valence-corrected chi connectivity index (χ3v) is 8.63. The molecule has 1 aliphatic rings. The summed E-state index contributed by atoms with van der Waals surface area (Å²) < 4.78 is 48.8. The third-order valence-electron chi connectivity index (χ3n) is 6.61. The van der Waals surface area contributed by atoms with Gasteiger partial charge < -0.3 is 9.84 Å². The van der Waals surface area contributed by atoms with Crippen LogP contribution in [0.15, 0.2) is 77.7 Å². The second-order valence-electron chi connectivity index (χ2n) is 9.59. The van der Waals surface area contributed by atoms with Crippen molar-refractivity contribution < 1.29 is 22.7 Å². The van der Waals surface area contributed by atoms with E-state index in [1.807, 2.05) is 55.3 Å². The predicted octanol–water partition coefficient (Wildman–Crippen LogP) is 4.39. The number of fused-ring (bicyclic) bond motifs is 1. The predicted molar refractivity (Wildman–Crippen MR) is 139 cm³/mol. The molecule has 0 saturated heterocycles. The summed E-state index contributed by atoms with van der Waals surface area (Å²) in [7, 11) is -1.96. The van der Waals surface area contributed by atoms with E-state index in [4.69, 9.17) is 4.74 Å². The van der Waals surface area contributed by atoms with Crippen LogP contribution in [0.2, 0.25) is 0 Å². The Kier molecular flexibility index (Phi) is 8.10. The standard InChI is InChI=1S/C28H33FN2O4S/c1-20-16-31(21(2)19-32)36(33,34)28-13-12-24(23-9-5-4-6-10-23)15-26(28)35-27(20)18-30(3)17-22-8-7-11-25(29)14-22/h4-15,20-21,27,32H,16-19H2,1-3H3/t20-,21+,27+/m0/s1. The summed E-state index contributed by atoms with van der Waals surface area (Å²) in [4.78, 5) is 2.14. The first-order chi connectivity index (χ1) is 17.2. The Morgan fingerprint density at radius 2 is 1.83 bits per heavy atom. The monoisotopic (exact) mass is 512 g/mol. The average Bonchev–Trinajstić information content (AvgIpc) is 2.86. The van der Waals surface area contributed by atoms with Crippen LogP contribution in [-0.4, -0.2) is 61.6 Å². The SMILES string of the molecule is C[C@H](CO)N1C[C@H](C)[C@@H](CN(C)Cc2cccc(F)c2)Oc2cc(-c3ccccc3)ccc2S1(=O)=O. The van der Waals surface area contributed by atoms with Crippen LogP contribution >= 0.6 is 0 Å². The van der Waals surface area contributed by atoms with Gasteiger partial charge in [-0.15, -0.1) is 0 Å². The summed E-state index contributed by atoms with van der Waals surface area (Å²) in [6.07, 6.45) is -0.336. The molecule has 3 aromatic carbocycles. The van der Waals surface area contributed by atoms with Gasteiger partial charge in [0.1, 0.15) is 22.6 Å². The summed E-state index contributed by atoms with van der Waals surface area (Å²) in [6.45, 7) is 4.62. The van der Waals surface area contributed by atoms with Crippen molar-refractivity contribution in [1.29, 1.82) is 0 Å². The molecular formula is C28H33FN2O4S. The Bertz CT molecular complexity index is 1290. The number of halogens is 1. The normalized spacial score (nSPS) is 20.7. The number of sulfonamides is 1. The van der Waals surface area contributed by atoms with Gasteiger partial charge in [0.15, 0.2) is 0 Å². The van der Waals surface area contributed by atoms with Crippen molar-refractivity contribution >= 4 is 10.0 Å². The number of likely N-dealkylation sites (N-methyl/N-ethyl adjacent to an activating group) is 1. The first-order valence-electron chi connectivity index (χ1n) is 12.1. The quantitative estimate of drug-likeness (QED) is 0.508. The Labute approximate surface area is 213 Å². The lowest BCUT2D eigenvalue weighted by Crippen LogP contribution is -2.49. The Balaban J connectivity index is 1.71. The number of aliphatic hydroxyl groups is 1. The minimum absolute atomic E-state index is 0.0900. The molecule has 0 aliphatic carbocycles. The molecule has 8 heteroatoms. The lowest BCUT2D eigenvalue weighted by atomic mass is 10.0. The molecule has 0 saturated carbocycles. The van der Waals surface area contributed by atoms with Crippen LogP contribution < -0.4 is 4.74 Å². The maximum absolute atomic E-state index is 13.7. The van der Waals surface area contributed by atoms with Gasteiger partial charge in [0.2, 0.25) is 10.0 Å². The number of ether oxygens (including phenoxy) is 1. The zero-order valence-electron chi connectivity index (χ0n) is 20.8. The molecule has 0 aromatic heterocycles. The Morgan fingerprint density at radius 3 is 2.53 bits per heavy atom. The van der Waals surface area contributed by atoms with E-state index in [-0.39, 0.29) is 35.9 Å². The maximum atomic E-state index is 13.7. The van der Waals surface area contributed by atoms with Crippen LogP contribution in [0.1, 0.15) is 19.4 Å². The summed E-state index contributed by atoms with van der Waals surface area (Å²) >= 11 is 0. The number of nitrogens with zero attached hydrogens (tertiary/aromatic N) is 2. The van der Waals surface area contributed by atoms with E-state index >= 15 is 0 Å². The van der Waals surface area contributed by atoms with E-state index in [0.29, 0.717) is 18.8 Å². The average molecular weight is 513 g/mol. The van der Waals surface area contributed by atoms with Crippen molar-refractivity contribution in [3.63, 3.8) is 0 Å². The van der Waals surface area contributed by atoms with Gasteiger partial charge in [-0.25, -0.2) is 12.8 Å². The first kappa shape index (κ1) is 26.3. The molecular weight excluding hydrogens is 479 g/mol. The van der Waals surface area contributed by atoms with Crippen molar-refractivity contribution in [2.24, 2.45) is 5.92 Å². The van der Waals surface area contributed by atoms with E-state index in [9.17, 15) is 17.9 Å². The van der Waals surface area contributed by atoms with Gasteiger partial charge >= 0.3 is 0 Å². The molecule has 0 bridgehead atoms. The lowest BCUT2D eigenvalue weighted by molar-refractivity contribution is 0.0734. The van der Waals surface area contributed by atoms with E-state index in [1.165, 1.54) is 16.4 Å². The number of rotatable bonds is 7. The van der Waals surface area contributed by atoms with Gasteiger partial charge in [0.25, 0.3) is 0 Å². The van der Waals surface area contributed by atoms with Crippen LogP contribution in [0, 0.1) is 11.7 Å². The Morgan fingerprint density at radius 1 is 1.08 bits per heavy atom. The highest BCUT2D eigenvalue weighted by molar-refractivity contribution is 7.89. The van der Waals surface area contributed by atoms with E-state index in [2.05, 4.69) is 0 Å². The van der Waals surface area contributed by atoms with Crippen molar-refractivity contribution in [3.8, 4) is 16.9 Å². The molecule has 3 aromatic rings. The van der Waals surface area contributed by atoms with Gasteiger partial charge in [-0.3, -0.25) is 4.90 Å². The zero-order chi connectivity index (χ0) is 25.9. The molecule has 6 nitrogen and oxygen atoms in total. The lowest BCUT2D eigenvalue weighted by Gasteiger charge is -2.37. The largest absolute Gasteiger partial charge is 0.487 e. The van der Waals surface area contributed by atoms with E-state index in [1.54, 1.807) is 31.2 Å². The minimum atomic E-state index is -3.90. The number of benzene rings is 3. The third kappa shape index (κ3) is 5.78. The highest BCUT2D eigenvalue weighted by Gasteiger charge is 2.38. The molecule has 1 aliphatic heterocycles. The molecule has 36 heavy (non-hydrogen) atoms. The molecule has 3 atom stereocenters. The van der Waals surface area contributed by atoms with Crippen LogP contribution in [0.3, 0.4) is 0 Å². The second kappa shape index (κ2) is 11.1. The minimum Gasteiger partial charge on any atom is -0.487 e. The number of hydrogen-bond donors (Lipinski definition) is 1. The fourth-order valence-corrected chi connectivity index (χ4v) is 6.40. The Hall–Kier alpha value is -2.78. The van der Waals surface area contributed by atoms with Crippen molar-refractivity contribution in [1.82, 2.24) is 9.21 Å². The van der Waals surface area contributed by atoms with Crippen LogP contribution in [0.5, 0.6) is 5.75 Å². The van der Waals surface area contributed by atoms with Gasteiger partial charge in [-0.05, 0) is 54.9 Å². The van der Waals surface area contributed by atoms with Gasteiger partial charge in [0.05, 0.1) is 6.61 Å². The molecule has 0 radical (unpaired) electrons. The summed E-state index contributed by atoms with van der Waals surface area (Å²) in [6, 6.07) is 20.8. The van der Waals surface area contributed by atoms with Gasteiger partial charge in [-0.2, -0.15) is 4.31 Å². The van der Waals surface area contributed by atoms with Crippen LogP contribution in [0.25, 0.3) is 11.1 Å². The van der Waals surface area contributed by atoms with Crippen LogP contribution in [0.4, 0.5) is 4.39 Å². The van der Waals surface area contributed by atoms with E-state index in [0.717, 1.165) is 16.7 Å². The molecule has 0 amide bonds. The molecule has 4 rings (SSSR count). The summed E-state index contributed by atoms with van der Waals surface area (Å²) in [5.74, 6) is -0.155. The fourth-order valence-electron chi connectivity index (χ4n) is 4.57. The number of hydrogen-bond acceptors (Lipinski definition) is 5. The number of aliphatic hydroxyl groups excluding tert-OH is 1. The second-order valence-corrected chi connectivity index (χ2v) is 11.5. The van der Waals surface area contributed by atoms with Crippen molar-refractivity contribution in [2.45, 2.75) is 37.4 Å². The van der Waals surface area contributed by atoms with Crippen molar-refractivity contribution in [2.75, 3.05) is 26.7 Å². The highest BCUT2D eigenvalue weighted by Crippen LogP contribution is 2.36. The molecule has 1 N–H and O–H groups in total. The smallest absolute Gasteiger partial charge is 0.247 e. The topological polar surface area (TPSA) is 70.1 Å². The van der Waals surface area contributed by atoms with E-state index < -0.39 is 16.1 Å². The fraction of sp³-hybridized carbons (Fsp3) is 0.357.